The van der Waals surface area contributed by atoms with E-state index in [1.807, 2.05) is 12.1 Å². The van der Waals surface area contributed by atoms with Crippen LogP contribution in [0.2, 0.25) is 0 Å². The van der Waals surface area contributed by atoms with Crippen molar-refractivity contribution in [3.63, 3.8) is 0 Å². The van der Waals surface area contributed by atoms with E-state index in [0.29, 0.717) is 24.9 Å². The molecule has 0 radical (unpaired) electrons. The third-order valence-electron chi connectivity index (χ3n) is 3.87. The van der Waals surface area contributed by atoms with Gasteiger partial charge in [0.1, 0.15) is 12.4 Å². The number of nitrogens with zero attached hydrogens (tertiary/aromatic N) is 4. The van der Waals surface area contributed by atoms with Crippen molar-refractivity contribution in [1.82, 2.24) is 20.0 Å². The van der Waals surface area contributed by atoms with Gasteiger partial charge in [-0.05, 0) is 25.5 Å². The summed E-state index contributed by atoms with van der Waals surface area (Å²) in [5, 5.41) is 15.6. The van der Waals surface area contributed by atoms with E-state index in [1.165, 1.54) is 4.68 Å². The minimum atomic E-state index is -2.41. The van der Waals surface area contributed by atoms with E-state index >= 15 is 0 Å². The van der Waals surface area contributed by atoms with Crippen LogP contribution in [-0.4, -0.2) is 39.6 Å². The summed E-state index contributed by atoms with van der Waals surface area (Å²) in [7, 11) is 0. The largest absolute Gasteiger partial charge is 0.381 e. The molecule has 2 aromatic rings. The van der Waals surface area contributed by atoms with Crippen molar-refractivity contribution in [2.24, 2.45) is 0 Å². The van der Waals surface area contributed by atoms with Gasteiger partial charge in [0.05, 0.1) is 18.0 Å². The average molecular weight is 323 g/mol. The molecule has 0 saturated carbocycles. The number of aryl methyl sites for hydroxylation is 1. The normalized spacial score (nSPS) is 17.8. The number of alkyl halides is 2. The van der Waals surface area contributed by atoms with E-state index < -0.39 is 13.0 Å². The fourth-order valence-corrected chi connectivity index (χ4v) is 2.58. The highest BCUT2D eigenvalue weighted by atomic mass is 19.3. The van der Waals surface area contributed by atoms with Gasteiger partial charge in [-0.1, -0.05) is 0 Å². The third kappa shape index (κ3) is 4.01. The van der Waals surface area contributed by atoms with Gasteiger partial charge in [-0.3, -0.25) is 4.68 Å². The second-order valence-electron chi connectivity index (χ2n) is 5.61. The first-order valence-corrected chi connectivity index (χ1v) is 7.58. The Kier molecular flexibility index (Phi) is 4.80. The van der Waals surface area contributed by atoms with E-state index in [9.17, 15) is 8.78 Å². The van der Waals surface area contributed by atoms with Crippen LogP contribution >= 0.6 is 0 Å². The highest BCUT2D eigenvalue weighted by molar-refractivity contribution is 5.35. The molecule has 0 aromatic carbocycles. The standard InChI is InChI=1S/C15H19F2N5O/c1-10-12(7-22(21-10)8-14(16)17)6-18-15-3-2-13(19-20-15)11-4-5-23-9-11/h2-3,7,11,14H,4-6,8-9H2,1H3,(H,18,20). The van der Waals surface area contributed by atoms with E-state index in [1.54, 1.807) is 13.1 Å². The second-order valence-corrected chi connectivity index (χ2v) is 5.61. The van der Waals surface area contributed by atoms with E-state index in [0.717, 1.165) is 30.0 Å². The van der Waals surface area contributed by atoms with Gasteiger partial charge in [-0.15, -0.1) is 5.10 Å². The van der Waals surface area contributed by atoms with Gasteiger partial charge >= 0.3 is 0 Å². The number of hydrogen-bond donors (Lipinski definition) is 1. The van der Waals surface area contributed by atoms with Gasteiger partial charge in [0.15, 0.2) is 0 Å². The van der Waals surface area contributed by atoms with Crippen LogP contribution in [0.5, 0.6) is 0 Å². The fraction of sp³-hybridized carbons (Fsp3) is 0.533. The first-order chi connectivity index (χ1) is 11.1. The van der Waals surface area contributed by atoms with E-state index in [4.69, 9.17) is 4.74 Å². The summed E-state index contributed by atoms with van der Waals surface area (Å²) in [6.07, 6.45) is 0.198. The summed E-state index contributed by atoms with van der Waals surface area (Å²) in [6.45, 7) is 3.35. The lowest BCUT2D eigenvalue weighted by Crippen LogP contribution is -2.07. The van der Waals surface area contributed by atoms with Crippen LogP contribution in [-0.2, 0) is 17.8 Å². The topological polar surface area (TPSA) is 64.9 Å². The smallest absolute Gasteiger partial charge is 0.257 e. The van der Waals surface area contributed by atoms with Crippen molar-refractivity contribution in [2.75, 3.05) is 18.5 Å². The molecule has 0 spiro atoms. The summed E-state index contributed by atoms with van der Waals surface area (Å²) in [5.41, 5.74) is 2.53. The van der Waals surface area contributed by atoms with Gasteiger partial charge < -0.3 is 10.1 Å². The summed E-state index contributed by atoms with van der Waals surface area (Å²) in [6, 6.07) is 3.82. The number of hydrogen-bond acceptors (Lipinski definition) is 5. The molecule has 6 nitrogen and oxygen atoms in total. The summed E-state index contributed by atoms with van der Waals surface area (Å²) < 4.78 is 31.4. The van der Waals surface area contributed by atoms with Crippen LogP contribution in [0.25, 0.3) is 0 Å². The molecule has 2 aromatic heterocycles. The SMILES string of the molecule is Cc1nn(CC(F)F)cc1CNc1ccc(C2CCOC2)nn1. The van der Waals surface area contributed by atoms with Gasteiger partial charge in [-0.25, -0.2) is 8.78 Å². The number of aromatic nitrogens is 4. The van der Waals surface area contributed by atoms with Crippen LogP contribution in [0.3, 0.4) is 0 Å². The summed E-state index contributed by atoms with van der Waals surface area (Å²) in [4.78, 5) is 0. The molecule has 3 rings (SSSR count). The van der Waals surface area contributed by atoms with Gasteiger partial charge in [-0.2, -0.15) is 10.2 Å². The van der Waals surface area contributed by atoms with E-state index in [2.05, 4.69) is 20.6 Å². The Labute approximate surface area is 132 Å². The molecule has 1 aliphatic heterocycles. The molecule has 23 heavy (non-hydrogen) atoms. The maximum atomic E-state index is 12.4. The fourth-order valence-electron chi connectivity index (χ4n) is 2.58. The predicted molar refractivity (Wildman–Crippen MR) is 80.5 cm³/mol. The molecule has 1 saturated heterocycles. The van der Waals surface area contributed by atoms with Crippen LogP contribution in [0.15, 0.2) is 18.3 Å². The Bertz CT molecular complexity index is 638. The predicted octanol–water partition coefficient (Wildman–Crippen LogP) is 2.36. The molecule has 1 unspecified atom stereocenters. The molecule has 3 heterocycles. The van der Waals surface area contributed by atoms with E-state index in [-0.39, 0.29) is 0 Å². The van der Waals surface area contributed by atoms with Crippen molar-refractivity contribution < 1.29 is 13.5 Å². The third-order valence-corrected chi connectivity index (χ3v) is 3.87. The molecule has 124 valence electrons. The Hall–Kier alpha value is -2.09. The first-order valence-electron chi connectivity index (χ1n) is 7.58. The summed E-state index contributed by atoms with van der Waals surface area (Å²) in [5.74, 6) is 0.972. The van der Waals surface area contributed by atoms with Crippen molar-refractivity contribution in [1.29, 1.82) is 0 Å². The Balaban J connectivity index is 1.58. The van der Waals surface area contributed by atoms with Crippen LogP contribution in [0.4, 0.5) is 14.6 Å². The number of anilines is 1. The van der Waals surface area contributed by atoms with Crippen LogP contribution < -0.4 is 5.32 Å². The first kappa shape index (κ1) is 15.8. The highest BCUT2D eigenvalue weighted by Gasteiger charge is 2.19. The average Bonchev–Trinajstić information content (AvgIpc) is 3.15. The van der Waals surface area contributed by atoms with Crippen LogP contribution in [0.1, 0.15) is 29.3 Å². The van der Waals surface area contributed by atoms with Crippen molar-refractivity contribution in [3.8, 4) is 0 Å². The van der Waals surface area contributed by atoms with Gasteiger partial charge in [0.2, 0.25) is 0 Å². The van der Waals surface area contributed by atoms with Crippen molar-refractivity contribution >= 4 is 5.82 Å². The molecule has 0 bridgehead atoms. The number of rotatable bonds is 6. The second kappa shape index (κ2) is 6.99. The highest BCUT2D eigenvalue weighted by Crippen LogP contribution is 2.23. The molecule has 1 atom stereocenters. The zero-order valence-corrected chi connectivity index (χ0v) is 12.9. The molecular weight excluding hydrogens is 304 g/mol. The summed E-state index contributed by atoms with van der Waals surface area (Å²) >= 11 is 0. The molecule has 1 fully saturated rings. The molecule has 1 aliphatic rings. The minimum absolute atomic E-state index is 0.325. The van der Waals surface area contributed by atoms with Crippen molar-refractivity contribution in [2.45, 2.75) is 38.8 Å². The lowest BCUT2D eigenvalue weighted by Gasteiger charge is -2.08. The minimum Gasteiger partial charge on any atom is -0.381 e. The zero-order chi connectivity index (χ0) is 16.2. The number of halogens is 2. The lowest BCUT2D eigenvalue weighted by atomic mass is 10.1. The molecule has 0 aliphatic carbocycles. The Morgan fingerprint density at radius 1 is 1.39 bits per heavy atom. The monoisotopic (exact) mass is 323 g/mol. The maximum absolute atomic E-state index is 12.4. The molecule has 1 N–H and O–H groups in total. The van der Waals surface area contributed by atoms with Gasteiger partial charge in [0, 0.05) is 30.8 Å². The molecule has 0 amide bonds. The number of ether oxygens (including phenoxy) is 1. The Morgan fingerprint density at radius 3 is 2.91 bits per heavy atom. The van der Waals surface area contributed by atoms with Gasteiger partial charge in [0.25, 0.3) is 6.43 Å². The quantitative estimate of drug-likeness (QED) is 0.884. The molecule has 8 heteroatoms. The van der Waals surface area contributed by atoms with Crippen molar-refractivity contribution in [3.05, 3.63) is 35.3 Å². The number of nitrogens with one attached hydrogen (secondary N) is 1. The Morgan fingerprint density at radius 2 is 2.26 bits per heavy atom. The zero-order valence-electron chi connectivity index (χ0n) is 12.9. The maximum Gasteiger partial charge on any atom is 0.257 e. The molecular formula is C15H19F2N5O. The van der Waals surface area contributed by atoms with Crippen LogP contribution in [0, 0.1) is 6.92 Å². The lowest BCUT2D eigenvalue weighted by molar-refractivity contribution is 0.121.